The molecule has 0 saturated carbocycles. The molecule has 1 heterocycles. The quantitative estimate of drug-likeness (QED) is 0.791. The fraction of sp³-hybridized carbons (Fsp3) is 0.357. The monoisotopic (exact) mass is 279 g/mol. The summed E-state index contributed by atoms with van der Waals surface area (Å²) < 4.78 is 7.13. The van der Waals surface area contributed by atoms with Gasteiger partial charge in [-0.05, 0) is 17.7 Å². The fourth-order valence-corrected chi connectivity index (χ4v) is 1.94. The van der Waals surface area contributed by atoms with Gasteiger partial charge in [0.25, 0.3) is 0 Å². The highest BCUT2D eigenvalue weighted by molar-refractivity contribution is 6.30. The molecule has 0 fully saturated rings. The molecule has 2 rings (SSSR count). The number of halogens is 1. The molecular weight excluding hydrogens is 262 g/mol. The fourth-order valence-electron chi connectivity index (χ4n) is 1.81. The molecule has 0 atom stereocenters. The van der Waals surface area contributed by atoms with Gasteiger partial charge in [0, 0.05) is 38.0 Å². The molecule has 1 aromatic heterocycles. The Morgan fingerprint density at radius 3 is 2.84 bits per heavy atom. The Kier molecular flexibility index (Phi) is 5.39. The van der Waals surface area contributed by atoms with Crippen LogP contribution in [0.2, 0.25) is 5.02 Å². The molecule has 5 heteroatoms. The number of rotatable bonds is 7. The van der Waals surface area contributed by atoms with Crippen LogP contribution in [-0.2, 0) is 17.8 Å². The minimum Gasteiger partial charge on any atom is -0.383 e. The predicted octanol–water partition coefficient (Wildman–Crippen LogP) is 2.32. The van der Waals surface area contributed by atoms with E-state index in [9.17, 15) is 0 Å². The summed E-state index contributed by atoms with van der Waals surface area (Å²) >= 11 is 5.88. The largest absolute Gasteiger partial charge is 0.383 e. The van der Waals surface area contributed by atoms with E-state index in [1.165, 1.54) is 5.56 Å². The van der Waals surface area contributed by atoms with Gasteiger partial charge < -0.3 is 14.6 Å². The summed E-state index contributed by atoms with van der Waals surface area (Å²) in [5.41, 5.74) is 2.37. The van der Waals surface area contributed by atoms with Crippen LogP contribution in [0.25, 0.3) is 0 Å². The highest BCUT2D eigenvalue weighted by atomic mass is 35.5. The van der Waals surface area contributed by atoms with Gasteiger partial charge in [-0.15, -0.1) is 0 Å². The standard InChI is InChI=1S/C14H18ClN3O/c1-19-7-6-16-8-14-9-17-11-18(14)10-12-2-4-13(15)5-3-12/h2-5,9,11,16H,6-8,10H2,1H3. The van der Waals surface area contributed by atoms with Crippen LogP contribution in [0.15, 0.2) is 36.8 Å². The Hall–Kier alpha value is -1.36. The Labute approximate surface area is 118 Å². The molecule has 1 aromatic carbocycles. The zero-order valence-electron chi connectivity index (χ0n) is 11.0. The first-order chi connectivity index (χ1) is 9.29. The van der Waals surface area contributed by atoms with Gasteiger partial charge in [0.15, 0.2) is 0 Å². The second-order valence-electron chi connectivity index (χ2n) is 4.31. The molecule has 0 aliphatic carbocycles. The van der Waals surface area contributed by atoms with E-state index >= 15 is 0 Å². The molecule has 0 spiro atoms. The minimum atomic E-state index is 0.714. The van der Waals surface area contributed by atoms with E-state index in [1.54, 1.807) is 7.11 Å². The Bertz CT molecular complexity index is 496. The van der Waals surface area contributed by atoms with E-state index in [2.05, 4.69) is 14.9 Å². The summed E-state index contributed by atoms with van der Waals surface area (Å²) in [6.07, 6.45) is 3.73. The maximum atomic E-state index is 5.88. The van der Waals surface area contributed by atoms with Crippen LogP contribution in [0, 0.1) is 0 Å². The van der Waals surface area contributed by atoms with Crippen LogP contribution in [0.4, 0.5) is 0 Å². The highest BCUT2D eigenvalue weighted by Gasteiger charge is 2.02. The second-order valence-corrected chi connectivity index (χ2v) is 4.75. The lowest BCUT2D eigenvalue weighted by molar-refractivity contribution is 0.199. The molecule has 0 aliphatic heterocycles. The number of nitrogens with one attached hydrogen (secondary N) is 1. The lowest BCUT2D eigenvalue weighted by Gasteiger charge is -2.09. The number of ether oxygens (including phenoxy) is 1. The van der Waals surface area contributed by atoms with Crippen molar-refractivity contribution in [2.45, 2.75) is 13.1 Å². The number of hydrogen-bond acceptors (Lipinski definition) is 3. The van der Waals surface area contributed by atoms with Crippen molar-refractivity contribution in [2.24, 2.45) is 0 Å². The number of benzene rings is 1. The second kappa shape index (κ2) is 7.28. The summed E-state index contributed by atoms with van der Waals surface area (Å²) in [7, 11) is 1.70. The molecule has 0 radical (unpaired) electrons. The first-order valence-electron chi connectivity index (χ1n) is 6.22. The van der Waals surface area contributed by atoms with Crippen LogP contribution >= 0.6 is 11.6 Å². The predicted molar refractivity (Wildman–Crippen MR) is 76.4 cm³/mol. The van der Waals surface area contributed by atoms with Gasteiger partial charge in [0.05, 0.1) is 18.6 Å². The average Bonchev–Trinajstić information content (AvgIpc) is 2.85. The maximum Gasteiger partial charge on any atom is 0.0951 e. The molecule has 2 aromatic rings. The van der Waals surface area contributed by atoms with Crippen molar-refractivity contribution in [1.29, 1.82) is 0 Å². The summed E-state index contributed by atoms with van der Waals surface area (Å²) in [4.78, 5) is 4.20. The molecule has 19 heavy (non-hydrogen) atoms. The number of nitrogens with zero attached hydrogens (tertiary/aromatic N) is 2. The third-order valence-electron chi connectivity index (χ3n) is 2.85. The summed E-state index contributed by atoms with van der Waals surface area (Å²) in [5.74, 6) is 0. The molecular formula is C14H18ClN3O. The van der Waals surface area contributed by atoms with Crippen molar-refractivity contribution < 1.29 is 4.74 Å². The van der Waals surface area contributed by atoms with Gasteiger partial charge in [-0.1, -0.05) is 23.7 Å². The van der Waals surface area contributed by atoms with Gasteiger partial charge in [-0.25, -0.2) is 4.98 Å². The van der Waals surface area contributed by atoms with Crippen LogP contribution in [-0.4, -0.2) is 29.8 Å². The van der Waals surface area contributed by atoms with E-state index in [0.29, 0.717) is 6.61 Å². The molecule has 0 aliphatic rings. The molecule has 0 saturated heterocycles. The lowest BCUT2D eigenvalue weighted by Crippen LogP contribution is -2.20. The lowest BCUT2D eigenvalue weighted by atomic mass is 10.2. The normalized spacial score (nSPS) is 10.8. The van der Waals surface area contributed by atoms with Crippen molar-refractivity contribution in [1.82, 2.24) is 14.9 Å². The van der Waals surface area contributed by atoms with Gasteiger partial charge in [-0.2, -0.15) is 0 Å². The summed E-state index contributed by atoms with van der Waals surface area (Å²) in [5, 5.41) is 4.08. The first kappa shape index (κ1) is 14.1. The summed E-state index contributed by atoms with van der Waals surface area (Å²) in [6.45, 7) is 3.14. The van der Waals surface area contributed by atoms with Crippen LogP contribution in [0.5, 0.6) is 0 Å². The molecule has 0 bridgehead atoms. The zero-order chi connectivity index (χ0) is 13.5. The third kappa shape index (κ3) is 4.35. The number of imidazole rings is 1. The highest BCUT2D eigenvalue weighted by Crippen LogP contribution is 2.11. The van der Waals surface area contributed by atoms with Crippen molar-refractivity contribution >= 4 is 11.6 Å². The molecule has 0 amide bonds. The topological polar surface area (TPSA) is 39.1 Å². The SMILES string of the molecule is COCCNCc1cncn1Cc1ccc(Cl)cc1. The molecule has 1 N–H and O–H groups in total. The molecule has 102 valence electrons. The number of hydrogen-bond donors (Lipinski definition) is 1. The smallest absolute Gasteiger partial charge is 0.0951 e. The van der Waals surface area contributed by atoms with E-state index < -0.39 is 0 Å². The van der Waals surface area contributed by atoms with E-state index in [0.717, 1.165) is 30.4 Å². The van der Waals surface area contributed by atoms with Crippen molar-refractivity contribution in [3.8, 4) is 0 Å². The number of methoxy groups -OCH3 is 1. The average molecular weight is 280 g/mol. The van der Waals surface area contributed by atoms with Crippen LogP contribution in [0.1, 0.15) is 11.3 Å². The minimum absolute atomic E-state index is 0.714. The Balaban J connectivity index is 1.93. The molecule has 0 unspecified atom stereocenters. The van der Waals surface area contributed by atoms with E-state index in [4.69, 9.17) is 16.3 Å². The van der Waals surface area contributed by atoms with E-state index in [-0.39, 0.29) is 0 Å². The van der Waals surface area contributed by atoms with Crippen molar-refractivity contribution in [3.63, 3.8) is 0 Å². The Morgan fingerprint density at radius 2 is 2.11 bits per heavy atom. The van der Waals surface area contributed by atoms with Gasteiger partial charge in [0.2, 0.25) is 0 Å². The van der Waals surface area contributed by atoms with Crippen molar-refractivity contribution in [3.05, 3.63) is 53.1 Å². The van der Waals surface area contributed by atoms with Crippen molar-refractivity contribution in [2.75, 3.05) is 20.3 Å². The summed E-state index contributed by atoms with van der Waals surface area (Å²) in [6, 6.07) is 7.88. The van der Waals surface area contributed by atoms with Gasteiger partial charge in [0.1, 0.15) is 0 Å². The number of aromatic nitrogens is 2. The third-order valence-corrected chi connectivity index (χ3v) is 3.11. The zero-order valence-corrected chi connectivity index (χ0v) is 11.7. The van der Waals surface area contributed by atoms with Gasteiger partial charge >= 0.3 is 0 Å². The van der Waals surface area contributed by atoms with Crippen LogP contribution in [0.3, 0.4) is 0 Å². The maximum absolute atomic E-state index is 5.88. The first-order valence-corrected chi connectivity index (χ1v) is 6.60. The van der Waals surface area contributed by atoms with E-state index in [1.807, 2.05) is 36.8 Å². The van der Waals surface area contributed by atoms with Crippen LogP contribution < -0.4 is 5.32 Å². The molecule has 4 nitrogen and oxygen atoms in total. The Morgan fingerprint density at radius 1 is 1.32 bits per heavy atom. The van der Waals surface area contributed by atoms with Gasteiger partial charge in [-0.3, -0.25) is 0 Å².